The predicted octanol–water partition coefficient (Wildman–Crippen LogP) is 6.02. The van der Waals surface area contributed by atoms with Gasteiger partial charge in [-0.3, -0.25) is 0 Å². The Morgan fingerprint density at radius 1 is 0.773 bits per heavy atom. The lowest BCUT2D eigenvalue weighted by atomic mass is 9.99. The van der Waals surface area contributed by atoms with Gasteiger partial charge in [-0.05, 0) is 30.5 Å². The molecule has 0 aliphatic rings. The monoisotopic (exact) mass is 303 g/mol. The maximum absolute atomic E-state index is 6.17. The molecule has 0 bridgehead atoms. The first-order chi connectivity index (χ1) is 10.7. The fraction of sp³-hybridized carbons (Fsp3) is 0.0500. The third kappa shape index (κ3) is 2.15. The van der Waals surface area contributed by atoms with Crippen molar-refractivity contribution in [3.8, 4) is 11.3 Å². The van der Waals surface area contributed by atoms with Crippen LogP contribution < -0.4 is 0 Å². The zero-order valence-electron chi connectivity index (χ0n) is 12.2. The van der Waals surface area contributed by atoms with Crippen LogP contribution >= 0.6 is 11.6 Å². The van der Waals surface area contributed by atoms with E-state index < -0.39 is 0 Å². The number of aryl methyl sites for hydroxylation is 1. The van der Waals surface area contributed by atoms with Gasteiger partial charge in [0.15, 0.2) is 0 Å². The summed E-state index contributed by atoms with van der Waals surface area (Å²) in [6, 6.07) is 22.7. The summed E-state index contributed by atoms with van der Waals surface area (Å²) in [5.74, 6) is 0. The molecule has 3 aromatic carbocycles. The number of aromatic nitrogens is 1. The van der Waals surface area contributed by atoms with Gasteiger partial charge in [0, 0.05) is 21.4 Å². The Morgan fingerprint density at radius 3 is 2.27 bits per heavy atom. The molecule has 1 heterocycles. The summed E-state index contributed by atoms with van der Waals surface area (Å²) in [4.78, 5) is 4.89. The number of rotatable bonds is 1. The number of benzene rings is 3. The smallest absolute Gasteiger partial charge is 0.0788 e. The van der Waals surface area contributed by atoms with Crippen molar-refractivity contribution in [1.29, 1.82) is 0 Å². The maximum atomic E-state index is 6.17. The number of halogens is 1. The molecule has 0 unspecified atom stereocenters. The molecule has 0 saturated heterocycles. The topological polar surface area (TPSA) is 12.9 Å². The molecule has 106 valence electrons. The summed E-state index contributed by atoms with van der Waals surface area (Å²) >= 11 is 6.17. The second kappa shape index (κ2) is 5.11. The van der Waals surface area contributed by atoms with Crippen molar-refractivity contribution in [2.24, 2.45) is 0 Å². The van der Waals surface area contributed by atoms with E-state index in [2.05, 4.69) is 55.5 Å². The van der Waals surface area contributed by atoms with Gasteiger partial charge < -0.3 is 0 Å². The van der Waals surface area contributed by atoms with E-state index in [9.17, 15) is 0 Å². The number of hydrogen-bond acceptors (Lipinski definition) is 1. The van der Waals surface area contributed by atoms with Crippen molar-refractivity contribution < 1.29 is 0 Å². The van der Waals surface area contributed by atoms with Gasteiger partial charge in [0.2, 0.25) is 0 Å². The summed E-state index contributed by atoms with van der Waals surface area (Å²) in [6.07, 6.45) is 0. The quantitative estimate of drug-likeness (QED) is 0.392. The number of pyridine rings is 1. The fourth-order valence-corrected chi connectivity index (χ4v) is 3.03. The van der Waals surface area contributed by atoms with Gasteiger partial charge in [-0.2, -0.15) is 0 Å². The van der Waals surface area contributed by atoms with Crippen LogP contribution in [0.5, 0.6) is 0 Å². The number of fused-ring (bicyclic) bond motifs is 3. The summed E-state index contributed by atoms with van der Waals surface area (Å²) in [5, 5.41) is 4.17. The third-order valence-corrected chi connectivity index (χ3v) is 4.22. The first kappa shape index (κ1) is 13.3. The molecule has 0 atom stereocenters. The Hall–Kier alpha value is -2.38. The summed E-state index contributed by atoms with van der Waals surface area (Å²) in [6.45, 7) is 2.09. The van der Waals surface area contributed by atoms with Gasteiger partial charge in [-0.1, -0.05) is 65.7 Å². The van der Waals surface area contributed by atoms with Gasteiger partial charge in [0.25, 0.3) is 0 Å². The molecule has 1 nitrogen and oxygen atoms in total. The average Bonchev–Trinajstić information content (AvgIpc) is 2.55. The number of hydrogen-bond donors (Lipinski definition) is 0. The minimum atomic E-state index is 0.738. The molecular weight excluding hydrogens is 290 g/mol. The molecule has 22 heavy (non-hydrogen) atoms. The molecule has 0 spiro atoms. The van der Waals surface area contributed by atoms with E-state index in [0.717, 1.165) is 32.6 Å². The van der Waals surface area contributed by atoms with Crippen molar-refractivity contribution in [2.75, 3.05) is 0 Å². The molecule has 2 heteroatoms. The summed E-state index contributed by atoms with van der Waals surface area (Å²) < 4.78 is 0. The van der Waals surface area contributed by atoms with E-state index in [-0.39, 0.29) is 0 Å². The molecule has 4 aromatic rings. The van der Waals surface area contributed by atoms with Crippen molar-refractivity contribution in [3.05, 3.63) is 77.3 Å². The molecule has 0 aliphatic carbocycles. The van der Waals surface area contributed by atoms with Crippen LogP contribution in [-0.2, 0) is 0 Å². The van der Waals surface area contributed by atoms with Crippen molar-refractivity contribution in [1.82, 2.24) is 4.98 Å². The van der Waals surface area contributed by atoms with E-state index in [1.54, 1.807) is 0 Å². The standard InChI is InChI=1S/C20H14ClN/c1-13-6-8-14(9-7-13)20-17-5-3-2-4-16(17)18-12-15(21)10-11-19(18)22-20/h2-12H,1H3. The van der Waals surface area contributed by atoms with Gasteiger partial charge in [0.05, 0.1) is 11.2 Å². The molecule has 0 fully saturated rings. The highest BCUT2D eigenvalue weighted by atomic mass is 35.5. The van der Waals surface area contributed by atoms with Crippen LogP contribution in [0.1, 0.15) is 5.56 Å². The Labute approximate surface area is 134 Å². The van der Waals surface area contributed by atoms with Crippen molar-refractivity contribution in [2.45, 2.75) is 6.92 Å². The van der Waals surface area contributed by atoms with Crippen LogP contribution in [0.2, 0.25) is 5.02 Å². The van der Waals surface area contributed by atoms with Crippen LogP contribution in [0.4, 0.5) is 0 Å². The Kier molecular flexibility index (Phi) is 3.09. The lowest BCUT2D eigenvalue weighted by molar-refractivity contribution is 1.41. The van der Waals surface area contributed by atoms with Gasteiger partial charge in [-0.25, -0.2) is 4.98 Å². The van der Waals surface area contributed by atoms with Gasteiger partial charge >= 0.3 is 0 Å². The second-order valence-electron chi connectivity index (χ2n) is 5.53. The Bertz CT molecular complexity index is 988. The lowest BCUT2D eigenvalue weighted by Crippen LogP contribution is -1.89. The minimum Gasteiger partial charge on any atom is -0.247 e. The first-order valence-electron chi connectivity index (χ1n) is 7.27. The van der Waals surface area contributed by atoms with Crippen LogP contribution in [0.3, 0.4) is 0 Å². The van der Waals surface area contributed by atoms with Gasteiger partial charge in [0.1, 0.15) is 0 Å². The largest absolute Gasteiger partial charge is 0.247 e. The van der Waals surface area contributed by atoms with E-state index in [1.165, 1.54) is 10.9 Å². The van der Waals surface area contributed by atoms with E-state index in [1.807, 2.05) is 18.2 Å². The van der Waals surface area contributed by atoms with Crippen LogP contribution in [0.15, 0.2) is 66.7 Å². The molecule has 4 rings (SSSR count). The SMILES string of the molecule is Cc1ccc(-c2nc3ccc(Cl)cc3c3ccccc23)cc1. The molecule has 0 aliphatic heterocycles. The van der Waals surface area contributed by atoms with Crippen LogP contribution in [-0.4, -0.2) is 4.98 Å². The van der Waals surface area contributed by atoms with Gasteiger partial charge in [-0.15, -0.1) is 0 Å². The Balaban J connectivity index is 2.13. The fourth-order valence-electron chi connectivity index (χ4n) is 2.86. The normalized spacial score (nSPS) is 11.2. The van der Waals surface area contributed by atoms with Crippen molar-refractivity contribution in [3.63, 3.8) is 0 Å². The van der Waals surface area contributed by atoms with E-state index in [0.29, 0.717) is 0 Å². The second-order valence-corrected chi connectivity index (χ2v) is 5.97. The van der Waals surface area contributed by atoms with Crippen LogP contribution in [0.25, 0.3) is 32.9 Å². The Morgan fingerprint density at radius 2 is 1.50 bits per heavy atom. The molecule has 0 radical (unpaired) electrons. The lowest BCUT2D eigenvalue weighted by Gasteiger charge is -2.10. The first-order valence-corrected chi connectivity index (χ1v) is 7.65. The van der Waals surface area contributed by atoms with E-state index >= 15 is 0 Å². The highest BCUT2D eigenvalue weighted by molar-refractivity contribution is 6.31. The average molecular weight is 304 g/mol. The molecule has 0 amide bonds. The predicted molar refractivity (Wildman–Crippen MR) is 94.4 cm³/mol. The minimum absolute atomic E-state index is 0.738. The third-order valence-electron chi connectivity index (χ3n) is 3.99. The summed E-state index contributed by atoms with van der Waals surface area (Å²) in [5.41, 5.74) is 4.38. The maximum Gasteiger partial charge on any atom is 0.0788 e. The zero-order chi connectivity index (χ0) is 15.1. The van der Waals surface area contributed by atoms with Crippen molar-refractivity contribution >= 4 is 33.3 Å². The molecular formula is C20H14ClN. The molecule has 0 N–H and O–H groups in total. The van der Waals surface area contributed by atoms with Crippen LogP contribution in [0, 0.1) is 6.92 Å². The highest BCUT2D eigenvalue weighted by Gasteiger charge is 2.10. The number of nitrogens with zero attached hydrogens (tertiary/aromatic N) is 1. The highest BCUT2D eigenvalue weighted by Crippen LogP contribution is 2.33. The van der Waals surface area contributed by atoms with E-state index in [4.69, 9.17) is 16.6 Å². The zero-order valence-corrected chi connectivity index (χ0v) is 12.9. The molecule has 1 aromatic heterocycles. The summed E-state index contributed by atoms with van der Waals surface area (Å²) in [7, 11) is 0. The molecule has 0 saturated carbocycles.